The maximum absolute atomic E-state index is 5.42. The molecule has 20 heavy (non-hydrogen) atoms. The minimum atomic E-state index is 0.136. The molecule has 1 aliphatic rings. The molecule has 1 aromatic heterocycles. The summed E-state index contributed by atoms with van der Waals surface area (Å²) in [5.74, 6) is 0.470. The van der Waals surface area contributed by atoms with Crippen molar-refractivity contribution in [1.29, 1.82) is 0 Å². The van der Waals surface area contributed by atoms with Gasteiger partial charge in [0.05, 0.1) is 18.9 Å². The minimum Gasteiger partial charge on any atom is -0.378 e. The number of nitrogens with zero attached hydrogens (tertiary/aromatic N) is 2. The van der Waals surface area contributed by atoms with Crippen molar-refractivity contribution in [3.8, 4) is 0 Å². The van der Waals surface area contributed by atoms with Gasteiger partial charge in [-0.1, -0.05) is 13.8 Å². The van der Waals surface area contributed by atoms with Crippen LogP contribution in [0.5, 0.6) is 0 Å². The summed E-state index contributed by atoms with van der Waals surface area (Å²) in [6.07, 6.45) is 0. The second kappa shape index (κ2) is 6.41. The van der Waals surface area contributed by atoms with Gasteiger partial charge in [0.1, 0.15) is 0 Å². The second-order valence-electron chi connectivity index (χ2n) is 6.66. The number of hydrogen-bond donors (Lipinski definition) is 1. The van der Waals surface area contributed by atoms with Crippen LogP contribution in [-0.2, 0) is 11.3 Å². The molecule has 0 radical (unpaired) electrons. The van der Waals surface area contributed by atoms with E-state index in [0.29, 0.717) is 5.92 Å². The summed E-state index contributed by atoms with van der Waals surface area (Å²) in [7, 11) is 0. The van der Waals surface area contributed by atoms with Crippen LogP contribution in [0.3, 0.4) is 0 Å². The van der Waals surface area contributed by atoms with Crippen molar-refractivity contribution >= 4 is 16.5 Å². The molecule has 0 aromatic carbocycles. The van der Waals surface area contributed by atoms with Crippen LogP contribution >= 0.6 is 11.3 Å². The quantitative estimate of drug-likeness (QED) is 0.927. The number of hydrogen-bond acceptors (Lipinski definition) is 5. The lowest BCUT2D eigenvalue weighted by molar-refractivity contribution is 0.122. The first kappa shape index (κ1) is 15.7. The van der Waals surface area contributed by atoms with E-state index < -0.39 is 0 Å². The zero-order valence-electron chi connectivity index (χ0n) is 13.3. The average Bonchev–Trinajstić information content (AvgIpc) is 2.81. The van der Waals surface area contributed by atoms with Crippen LogP contribution in [0.1, 0.15) is 51.1 Å². The van der Waals surface area contributed by atoms with E-state index >= 15 is 0 Å². The molecule has 2 heterocycles. The number of morpholine rings is 1. The Morgan fingerprint density at radius 1 is 1.30 bits per heavy atom. The smallest absolute Gasteiger partial charge is 0.185 e. The SMILES string of the molecule is CC(C)c1nc(N2CCOCC2)sc1CNC(C)(C)C. The summed E-state index contributed by atoms with van der Waals surface area (Å²) in [5, 5.41) is 4.73. The molecule has 1 N–H and O–H groups in total. The number of anilines is 1. The molecule has 1 aliphatic heterocycles. The van der Waals surface area contributed by atoms with Crippen LogP contribution in [0.2, 0.25) is 0 Å². The summed E-state index contributed by atoms with van der Waals surface area (Å²) in [4.78, 5) is 8.60. The summed E-state index contributed by atoms with van der Waals surface area (Å²) in [5.41, 5.74) is 1.38. The van der Waals surface area contributed by atoms with Gasteiger partial charge in [0.15, 0.2) is 5.13 Å². The number of aromatic nitrogens is 1. The zero-order chi connectivity index (χ0) is 14.8. The normalized spacial score (nSPS) is 17.0. The predicted octanol–water partition coefficient (Wildman–Crippen LogP) is 2.99. The van der Waals surface area contributed by atoms with Gasteiger partial charge in [0.2, 0.25) is 0 Å². The molecule has 0 saturated carbocycles. The number of rotatable bonds is 4. The fourth-order valence-electron chi connectivity index (χ4n) is 2.16. The first-order valence-electron chi connectivity index (χ1n) is 7.44. The van der Waals surface area contributed by atoms with Crippen LogP contribution in [0.15, 0.2) is 0 Å². The summed E-state index contributed by atoms with van der Waals surface area (Å²) < 4.78 is 5.42. The minimum absolute atomic E-state index is 0.136. The van der Waals surface area contributed by atoms with Crippen molar-refractivity contribution in [3.63, 3.8) is 0 Å². The van der Waals surface area contributed by atoms with E-state index in [2.05, 4.69) is 44.8 Å². The highest BCUT2D eigenvalue weighted by molar-refractivity contribution is 7.15. The van der Waals surface area contributed by atoms with Gasteiger partial charge in [0.25, 0.3) is 0 Å². The van der Waals surface area contributed by atoms with E-state index in [1.54, 1.807) is 0 Å². The molecule has 1 aromatic rings. The van der Waals surface area contributed by atoms with Crippen molar-refractivity contribution in [1.82, 2.24) is 10.3 Å². The van der Waals surface area contributed by atoms with E-state index in [0.717, 1.165) is 38.0 Å². The van der Waals surface area contributed by atoms with Gasteiger partial charge in [-0.2, -0.15) is 0 Å². The molecular weight excluding hydrogens is 270 g/mol. The first-order valence-corrected chi connectivity index (χ1v) is 8.26. The summed E-state index contributed by atoms with van der Waals surface area (Å²) in [6.45, 7) is 15.5. The maximum Gasteiger partial charge on any atom is 0.185 e. The van der Waals surface area contributed by atoms with Gasteiger partial charge >= 0.3 is 0 Å². The molecule has 0 atom stereocenters. The van der Waals surface area contributed by atoms with Gasteiger partial charge < -0.3 is 15.0 Å². The second-order valence-corrected chi connectivity index (χ2v) is 7.72. The topological polar surface area (TPSA) is 37.4 Å². The van der Waals surface area contributed by atoms with Crippen molar-refractivity contribution in [2.75, 3.05) is 31.2 Å². The zero-order valence-corrected chi connectivity index (χ0v) is 14.1. The Labute approximate surface area is 126 Å². The van der Waals surface area contributed by atoms with E-state index in [9.17, 15) is 0 Å². The van der Waals surface area contributed by atoms with Crippen molar-refractivity contribution in [2.45, 2.75) is 52.6 Å². The molecule has 4 nitrogen and oxygen atoms in total. The van der Waals surface area contributed by atoms with Crippen LogP contribution in [-0.4, -0.2) is 36.8 Å². The van der Waals surface area contributed by atoms with E-state index in [-0.39, 0.29) is 5.54 Å². The summed E-state index contributed by atoms with van der Waals surface area (Å²) >= 11 is 1.83. The molecule has 1 saturated heterocycles. The molecule has 0 bridgehead atoms. The molecule has 0 aliphatic carbocycles. The fraction of sp³-hybridized carbons (Fsp3) is 0.800. The van der Waals surface area contributed by atoms with Gasteiger partial charge in [-0.25, -0.2) is 4.98 Å². The lowest BCUT2D eigenvalue weighted by Crippen LogP contribution is -2.36. The van der Waals surface area contributed by atoms with Gasteiger partial charge in [-0.15, -0.1) is 11.3 Å². The van der Waals surface area contributed by atoms with Crippen LogP contribution in [0, 0.1) is 0 Å². The Morgan fingerprint density at radius 2 is 1.95 bits per heavy atom. The monoisotopic (exact) mass is 297 g/mol. The number of thiazole rings is 1. The average molecular weight is 297 g/mol. The molecule has 2 rings (SSSR count). The Morgan fingerprint density at radius 3 is 2.50 bits per heavy atom. The molecule has 5 heteroatoms. The van der Waals surface area contributed by atoms with Crippen molar-refractivity contribution < 1.29 is 4.74 Å². The molecule has 0 unspecified atom stereocenters. The maximum atomic E-state index is 5.42. The molecule has 0 spiro atoms. The lowest BCUT2D eigenvalue weighted by Gasteiger charge is -2.26. The third-order valence-corrected chi connectivity index (χ3v) is 4.46. The third-order valence-electron chi connectivity index (χ3n) is 3.32. The van der Waals surface area contributed by atoms with Gasteiger partial charge in [0, 0.05) is 30.1 Å². The lowest BCUT2D eigenvalue weighted by atomic mass is 10.1. The molecule has 114 valence electrons. The standard InChI is InChI=1S/C15H27N3OS/c1-11(2)13-12(10-16-15(3,4)5)20-14(17-13)18-6-8-19-9-7-18/h11,16H,6-10H2,1-5H3. The molecule has 0 amide bonds. The Hall–Kier alpha value is -0.650. The molecular formula is C15H27N3OS. The highest BCUT2D eigenvalue weighted by atomic mass is 32.1. The van der Waals surface area contributed by atoms with Crippen LogP contribution in [0.25, 0.3) is 0 Å². The van der Waals surface area contributed by atoms with Crippen molar-refractivity contribution in [3.05, 3.63) is 10.6 Å². The highest BCUT2D eigenvalue weighted by Gasteiger charge is 2.21. The van der Waals surface area contributed by atoms with Crippen LogP contribution in [0.4, 0.5) is 5.13 Å². The third kappa shape index (κ3) is 4.17. The van der Waals surface area contributed by atoms with Gasteiger partial charge in [-0.05, 0) is 26.7 Å². The first-order chi connectivity index (χ1) is 9.37. The van der Waals surface area contributed by atoms with Crippen molar-refractivity contribution in [2.24, 2.45) is 0 Å². The Bertz CT molecular complexity index is 431. The highest BCUT2D eigenvalue weighted by Crippen LogP contribution is 2.31. The van der Waals surface area contributed by atoms with E-state index in [1.807, 2.05) is 11.3 Å². The number of nitrogens with one attached hydrogen (secondary N) is 1. The fourth-order valence-corrected chi connectivity index (χ4v) is 3.37. The molecule has 1 fully saturated rings. The predicted molar refractivity (Wildman–Crippen MR) is 85.8 cm³/mol. The van der Waals surface area contributed by atoms with Crippen LogP contribution < -0.4 is 10.2 Å². The largest absolute Gasteiger partial charge is 0.378 e. The summed E-state index contributed by atoms with van der Waals surface area (Å²) in [6, 6.07) is 0. The van der Waals surface area contributed by atoms with E-state index in [1.165, 1.54) is 10.6 Å². The van der Waals surface area contributed by atoms with E-state index in [4.69, 9.17) is 9.72 Å². The Kier molecular flexibility index (Phi) is 5.04. The van der Waals surface area contributed by atoms with Gasteiger partial charge in [-0.3, -0.25) is 0 Å². The Balaban J connectivity index is 2.14. The number of ether oxygens (including phenoxy) is 1.